The fourth-order valence-corrected chi connectivity index (χ4v) is 0.984. The average Bonchev–Trinajstić information content (AvgIpc) is 2.20. The van der Waals surface area contributed by atoms with Gasteiger partial charge in [0.2, 0.25) is 0 Å². The second kappa shape index (κ2) is 9.13. The molecular weight excluding hydrogens is 192 g/mol. The Morgan fingerprint density at radius 3 is 1.93 bits per heavy atom. The van der Waals surface area contributed by atoms with E-state index in [1.54, 1.807) is 0 Å². The van der Waals surface area contributed by atoms with Gasteiger partial charge in [-0.15, -0.1) is 0 Å². The SMILES string of the molecule is C[CH]COC(C)COC(C)COC(C)C. The Morgan fingerprint density at radius 2 is 1.40 bits per heavy atom. The average molecular weight is 217 g/mol. The summed E-state index contributed by atoms with van der Waals surface area (Å²) < 4.78 is 16.5. The Morgan fingerprint density at radius 1 is 0.867 bits per heavy atom. The lowest BCUT2D eigenvalue weighted by atomic mass is 10.4. The van der Waals surface area contributed by atoms with Gasteiger partial charge < -0.3 is 14.2 Å². The molecule has 0 N–H and O–H groups in total. The lowest BCUT2D eigenvalue weighted by Gasteiger charge is -2.18. The third-order valence-corrected chi connectivity index (χ3v) is 1.83. The number of hydrogen-bond acceptors (Lipinski definition) is 3. The summed E-state index contributed by atoms with van der Waals surface area (Å²) in [7, 11) is 0. The predicted octanol–water partition coefficient (Wildman–Crippen LogP) is 2.45. The molecule has 91 valence electrons. The third kappa shape index (κ3) is 10.2. The van der Waals surface area contributed by atoms with Crippen molar-refractivity contribution >= 4 is 0 Å². The lowest BCUT2D eigenvalue weighted by molar-refractivity contribution is -0.0627. The van der Waals surface area contributed by atoms with Crippen molar-refractivity contribution in [1.29, 1.82) is 0 Å². The van der Waals surface area contributed by atoms with Crippen molar-refractivity contribution in [2.75, 3.05) is 19.8 Å². The van der Waals surface area contributed by atoms with E-state index in [0.29, 0.717) is 19.8 Å². The molecular formula is C12H25O3. The highest BCUT2D eigenvalue weighted by Gasteiger charge is 2.07. The Hall–Kier alpha value is -0.120. The van der Waals surface area contributed by atoms with Crippen molar-refractivity contribution in [3.8, 4) is 0 Å². The predicted molar refractivity (Wildman–Crippen MR) is 61.9 cm³/mol. The zero-order chi connectivity index (χ0) is 11.7. The van der Waals surface area contributed by atoms with E-state index in [2.05, 4.69) is 0 Å². The molecule has 0 aliphatic carbocycles. The van der Waals surface area contributed by atoms with Crippen LogP contribution >= 0.6 is 0 Å². The maximum Gasteiger partial charge on any atom is 0.0781 e. The molecule has 3 heteroatoms. The topological polar surface area (TPSA) is 27.7 Å². The van der Waals surface area contributed by atoms with Crippen LogP contribution in [-0.2, 0) is 14.2 Å². The van der Waals surface area contributed by atoms with Crippen molar-refractivity contribution in [3.63, 3.8) is 0 Å². The van der Waals surface area contributed by atoms with Gasteiger partial charge in [0, 0.05) is 6.61 Å². The first-order valence-electron chi connectivity index (χ1n) is 5.68. The molecule has 0 aromatic carbocycles. The van der Waals surface area contributed by atoms with Crippen LogP contribution < -0.4 is 0 Å². The summed E-state index contributed by atoms with van der Waals surface area (Å²) in [6.45, 7) is 12.0. The van der Waals surface area contributed by atoms with Gasteiger partial charge in [0.05, 0.1) is 31.5 Å². The fraction of sp³-hybridized carbons (Fsp3) is 0.917. The third-order valence-electron chi connectivity index (χ3n) is 1.83. The first-order valence-corrected chi connectivity index (χ1v) is 5.68. The summed E-state index contributed by atoms with van der Waals surface area (Å²) in [6, 6.07) is 0. The first-order chi connectivity index (χ1) is 7.06. The minimum Gasteiger partial charge on any atom is -0.376 e. The first kappa shape index (κ1) is 14.9. The summed E-state index contributed by atoms with van der Waals surface area (Å²) in [5, 5.41) is 0. The van der Waals surface area contributed by atoms with E-state index >= 15 is 0 Å². The van der Waals surface area contributed by atoms with E-state index in [4.69, 9.17) is 14.2 Å². The van der Waals surface area contributed by atoms with E-state index in [1.165, 1.54) is 0 Å². The molecule has 0 saturated carbocycles. The van der Waals surface area contributed by atoms with Gasteiger partial charge in [-0.05, 0) is 34.1 Å². The van der Waals surface area contributed by atoms with E-state index in [1.807, 2.05) is 41.0 Å². The molecule has 3 nitrogen and oxygen atoms in total. The van der Waals surface area contributed by atoms with Crippen molar-refractivity contribution in [2.45, 2.75) is 52.9 Å². The van der Waals surface area contributed by atoms with Crippen LogP contribution in [0.15, 0.2) is 0 Å². The fourth-order valence-electron chi connectivity index (χ4n) is 0.984. The zero-order valence-electron chi connectivity index (χ0n) is 10.7. The zero-order valence-corrected chi connectivity index (χ0v) is 10.7. The van der Waals surface area contributed by atoms with Gasteiger partial charge >= 0.3 is 0 Å². The van der Waals surface area contributed by atoms with Crippen molar-refractivity contribution in [3.05, 3.63) is 6.42 Å². The molecule has 0 bridgehead atoms. The van der Waals surface area contributed by atoms with E-state index in [-0.39, 0.29) is 18.3 Å². The molecule has 15 heavy (non-hydrogen) atoms. The quantitative estimate of drug-likeness (QED) is 0.593. The van der Waals surface area contributed by atoms with Crippen LogP contribution in [0.2, 0.25) is 0 Å². The highest BCUT2D eigenvalue weighted by molar-refractivity contribution is 4.57. The maximum atomic E-state index is 5.59. The van der Waals surface area contributed by atoms with Gasteiger partial charge in [-0.1, -0.05) is 6.92 Å². The summed E-state index contributed by atoms with van der Waals surface area (Å²) in [5.41, 5.74) is 0. The van der Waals surface area contributed by atoms with Crippen molar-refractivity contribution in [2.24, 2.45) is 0 Å². The van der Waals surface area contributed by atoms with E-state index in [0.717, 1.165) is 0 Å². The Balaban J connectivity index is 3.39. The molecule has 0 saturated heterocycles. The standard InChI is InChI=1S/C12H25O3/c1-6-7-13-11(4)9-15-12(5)8-14-10(2)3/h6,10-12H,7-9H2,1-5H3. The van der Waals surface area contributed by atoms with E-state index in [9.17, 15) is 0 Å². The van der Waals surface area contributed by atoms with Crippen LogP contribution in [0.25, 0.3) is 0 Å². The van der Waals surface area contributed by atoms with Crippen LogP contribution in [0.4, 0.5) is 0 Å². The normalized spacial score (nSPS) is 15.6. The van der Waals surface area contributed by atoms with Crippen molar-refractivity contribution < 1.29 is 14.2 Å². The minimum atomic E-state index is 0.129. The van der Waals surface area contributed by atoms with Gasteiger partial charge in [0.25, 0.3) is 0 Å². The lowest BCUT2D eigenvalue weighted by Crippen LogP contribution is -2.24. The number of hydrogen-bond donors (Lipinski definition) is 0. The van der Waals surface area contributed by atoms with Gasteiger partial charge in [0.1, 0.15) is 0 Å². The second-order valence-electron chi connectivity index (χ2n) is 4.08. The second-order valence-corrected chi connectivity index (χ2v) is 4.08. The smallest absolute Gasteiger partial charge is 0.0781 e. The Bertz CT molecular complexity index is 137. The van der Waals surface area contributed by atoms with Gasteiger partial charge in [-0.3, -0.25) is 0 Å². The summed E-state index contributed by atoms with van der Waals surface area (Å²) in [6.07, 6.45) is 2.52. The molecule has 0 amide bonds. The van der Waals surface area contributed by atoms with Crippen LogP contribution in [0.1, 0.15) is 34.6 Å². The van der Waals surface area contributed by atoms with Crippen molar-refractivity contribution in [1.82, 2.24) is 0 Å². The molecule has 0 aromatic heterocycles. The van der Waals surface area contributed by atoms with Gasteiger partial charge in [-0.25, -0.2) is 0 Å². The van der Waals surface area contributed by atoms with Gasteiger partial charge in [0.15, 0.2) is 0 Å². The summed E-state index contributed by atoms with van der Waals surface area (Å²) in [4.78, 5) is 0. The van der Waals surface area contributed by atoms with E-state index < -0.39 is 0 Å². The highest BCUT2D eigenvalue weighted by atomic mass is 16.6. The highest BCUT2D eigenvalue weighted by Crippen LogP contribution is 1.99. The Kier molecular flexibility index (Phi) is 9.06. The largest absolute Gasteiger partial charge is 0.376 e. The molecule has 0 rings (SSSR count). The molecule has 0 aromatic rings. The van der Waals surface area contributed by atoms with Crippen LogP contribution in [0.3, 0.4) is 0 Å². The molecule has 0 spiro atoms. The van der Waals surface area contributed by atoms with Crippen LogP contribution in [0.5, 0.6) is 0 Å². The minimum absolute atomic E-state index is 0.129. The molecule has 0 fully saturated rings. The van der Waals surface area contributed by atoms with Crippen LogP contribution in [-0.4, -0.2) is 38.1 Å². The molecule has 2 unspecified atom stereocenters. The summed E-state index contributed by atoms with van der Waals surface area (Å²) in [5.74, 6) is 0. The number of rotatable bonds is 9. The summed E-state index contributed by atoms with van der Waals surface area (Å²) >= 11 is 0. The van der Waals surface area contributed by atoms with Crippen LogP contribution in [0, 0.1) is 6.42 Å². The molecule has 0 aliphatic heterocycles. The molecule has 0 heterocycles. The number of ether oxygens (including phenoxy) is 3. The molecule has 2 atom stereocenters. The molecule has 0 aliphatic rings. The molecule has 1 radical (unpaired) electrons. The Labute approximate surface area is 94.1 Å². The maximum absolute atomic E-state index is 5.59. The van der Waals surface area contributed by atoms with Gasteiger partial charge in [-0.2, -0.15) is 0 Å². The monoisotopic (exact) mass is 217 g/mol.